The third-order valence-electron chi connectivity index (χ3n) is 8.41. The van der Waals surface area contributed by atoms with Crippen LogP contribution in [-0.2, 0) is 9.53 Å². The summed E-state index contributed by atoms with van der Waals surface area (Å²) in [6, 6.07) is 0. The second-order valence-electron chi connectivity index (χ2n) is 11.6. The van der Waals surface area contributed by atoms with E-state index in [1.54, 1.807) is 0 Å². The smallest absolute Gasteiger partial charge is 0.122 e. The zero-order chi connectivity index (χ0) is 24.7. The molecule has 1 aliphatic heterocycles. The fourth-order valence-corrected chi connectivity index (χ4v) is 5.76. The molecular weight excluding hydrogens is 408 g/mol. The van der Waals surface area contributed by atoms with Crippen LogP contribution in [0.15, 0.2) is 34.9 Å². The van der Waals surface area contributed by atoms with E-state index in [4.69, 9.17) is 4.74 Å². The summed E-state index contributed by atoms with van der Waals surface area (Å²) < 4.78 is 6.97. The van der Waals surface area contributed by atoms with Gasteiger partial charge < -0.3 is 14.6 Å². The number of allylic oxidation sites excluding steroid dienone is 4. The third-order valence-corrected chi connectivity index (χ3v) is 8.41. The molecule has 2 aliphatic rings. The summed E-state index contributed by atoms with van der Waals surface area (Å²) in [5.41, 5.74) is 3.50. The highest BCUT2D eigenvalue weighted by Gasteiger charge is 2.49. The zero-order valence-electron chi connectivity index (χ0n) is 22.5. The molecule has 3 nitrogen and oxygen atoms in total. The molecule has 0 bridgehead atoms. The summed E-state index contributed by atoms with van der Waals surface area (Å²) in [7, 11) is 0. The van der Waals surface area contributed by atoms with Crippen LogP contribution in [0.5, 0.6) is 0 Å². The van der Waals surface area contributed by atoms with Crippen LogP contribution in [0.2, 0.25) is 0 Å². The van der Waals surface area contributed by atoms with Crippen molar-refractivity contribution < 1.29 is 14.6 Å². The second kappa shape index (κ2) is 12.0. The monoisotopic (exact) mass is 458 g/mol. The Hall–Kier alpha value is -1.19. The van der Waals surface area contributed by atoms with Gasteiger partial charge in [-0.3, -0.25) is 0 Å². The molecule has 1 saturated heterocycles. The summed E-state index contributed by atoms with van der Waals surface area (Å²) in [5, 5.41) is 10.6. The number of fused-ring (bicyclic) bond motifs is 1. The molecule has 3 heteroatoms. The van der Waals surface area contributed by atoms with Gasteiger partial charge in [-0.15, -0.1) is 0 Å². The first kappa shape index (κ1) is 28.1. The maximum atomic E-state index is 10.8. The quantitative estimate of drug-likeness (QED) is 0.225. The van der Waals surface area contributed by atoms with Gasteiger partial charge in [-0.25, -0.2) is 0 Å². The summed E-state index contributed by atoms with van der Waals surface area (Å²) >= 11 is 0. The van der Waals surface area contributed by atoms with Gasteiger partial charge in [-0.2, -0.15) is 0 Å². The van der Waals surface area contributed by atoms with E-state index in [0.717, 1.165) is 76.9 Å². The van der Waals surface area contributed by atoms with E-state index in [0.29, 0.717) is 5.92 Å². The van der Waals surface area contributed by atoms with Gasteiger partial charge in [0.2, 0.25) is 0 Å². The minimum Gasteiger partial charge on any atom is -0.390 e. The molecule has 0 radical (unpaired) electrons. The Morgan fingerprint density at radius 1 is 1.33 bits per heavy atom. The molecule has 33 heavy (non-hydrogen) atoms. The SMILES string of the molecule is CCC12OC(C)(CC/C=C(\C)CCCC(C)(O)CCC[C@H](C)C=O)CCC1=CC=C(C)C2C. The van der Waals surface area contributed by atoms with E-state index in [1.165, 1.54) is 16.7 Å². The van der Waals surface area contributed by atoms with Crippen LogP contribution < -0.4 is 0 Å². The van der Waals surface area contributed by atoms with Crippen molar-refractivity contribution in [1.29, 1.82) is 0 Å². The summed E-state index contributed by atoms with van der Waals surface area (Å²) in [5.74, 6) is 0.534. The Kier molecular flexibility index (Phi) is 10.2. The van der Waals surface area contributed by atoms with Crippen LogP contribution in [0.3, 0.4) is 0 Å². The molecule has 0 saturated carbocycles. The molecule has 1 N–H and O–H groups in total. The average Bonchev–Trinajstić information content (AvgIpc) is 2.76. The van der Waals surface area contributed by atoms with E-state index < -0.39 is 5.60 Å². The predicted octanol–water partition coefficient (Wildman–Crippen LogP) is 7.88. The lowest BCUT2D eigenvalue weighted by molar-refractivity contribution is -0.175. The lowest BCUT2D eigenvalue weighted by Gasteiger charge is -2.53. The minimum absolute atomic E-state index is 0.0711. The zero-order valence-corrected chi connectivity index (χ0v) is 22.5. The van der Waals surface area contributed by atoms with E-state index in [-0.39, 0.29) is 17.1 Å². The maximum Gasteiger partial charge on any atom is 0.122 e. The molecular formula is C30H50O3. The Morgan fingerprint density at radius 3 is 2.70 bits per heavy atom. The van der Waals surface area contributed by atoms with E-state index in [1.807, 2.05) is 13.8 Å². The van der Waals surface area contributed by atoms with Gasteiger partial charge in [0.25, 0.3) is 0 Å². The van der Waals surface area contributed by atoms with Crippen LogP contribution >= 0.6 is 0 Å². The Balaban J connectivity index is 1.80. The van der Waals surface area contributed by atoms with Crippen molar-refractivity contribution >= 4 is 6.29 Å². The Labute approximate surface area is 203 Å². The van der Waals surface area contributed by atoms with Crippen molar-refractivity contribution in [3.05, 3.63) is 34.9 Å². The van der Waals surface area contributed by atoms with Crippen LogP contribution in [0.25, 0.3) is 0 Å². The predicted molar refractivity (Wildman–Crippen MR) is 139 cm³/mol. The maximum absolute atomic E-state index is 10.8. The van der Waals surface area contributed by atoms with E-state index in [2.05, 4.69) is 52.8 Å². The normalized spacial score (nSPS) is 30.7. The van der Waals surface area contributed by atoms with Crippen molar-refractivity contribution in [2.24, 2.45) is 11.8 Å². The molecule has 188 valence electrons. The minimum atomic E-state index is -0.630. The molecule has 1 aliphatic carbocycles. The lowest BCUT2D eigenvalue weighted by Crippen LogP contribution is -2.53. The summed E-state index contributed by atoms with van der Waals surface area (Å²) in [6.07, 6.45) is 18.8. The number of carbonyl (C=O) groups is 1. The van der Waals surface area contributed by atoms with Gasteiger partial charge in [0.05, 0.1) is 16.8 Å². The van der Waals surface area contributed by atoms with Crippen LogP contribution in [0.1, 0.15) is 119 Å². The van der Waals surface area contributed by atoms with Gasteiger partial charge in [0, 0.05) is 11.8 Å². The molecule has 1 fully saturated rings. The van der Waals surface area contributed by atoms with E-state index in [9.17, 15) is 9.90 Å². The topological polar surface area (TPSA) is 46.5 Å². The van der Waals surface area contributed by atoms with Crippen LogP contribution in [-0.4, -0.2) is 28.2 Å². The highest BCUT2D eigenvalue weighted by atomic mass is 16.5. The van der Waals surface area contributed by atoms with Gasteiger partial charge in [0.15, 0.2) is 0 Å². The highest BCUT2D eigenvalue weighted by molar-refractivity contribution is 5.52. The Morgan fingerprint density at radius 2 is 2.03 bits per heavy atom. The van der Waals surface area contributed by atoms with Crippen LogP contribution in [0.4, 0.5) is 0 Å². The number of ether oxygens (including phenoxy) is 1. The van der Waals surface area contributed by atoms with Crippen molar-refractivity contribution in [1.82, 2.24) is 0 Å². The first-order valence-corrected chi connectivity index (χ1v) is 13.4. The number of hydrogen-bond acceptors (Lipinski definition) is 3. The average molecular weight is 459 g/mol. The molecule has 5 atom stereocenters. The lowest BCUT2D eigenvalue weighted by atomic mass is 9.68. The largest absolute Gasteiger partial charge is 0.390 e. The molecule has 0 aromatic carbocycles. The molecule has 0 amide bonds. The Bertz CT molecular complexity index is 744. The molecule has 2 rings (SSSR count). The second-order valence-corrected chi connectivity index (χ2v) is 11.6. The van der Waals surface area contributed by atoms with E-state index >= 15 is 0 Å². The van der Waals surface area contributed by atoms with Crippen molar-refractivity contribution in [2.75, 3.05) is 0 Å². The standard InChI is InChI=1S/C30H50O3/c1-8-30-26(5)25(4)15-16-27(30)17-21-29(7,33-30)20-11-13-23(2)12-9-18-28(6,32)19-10-14-24(3)22-31/h13,15-16,22,24,26,32H,8-12,14,17-21H2,1-7H3/b23-13+/t24-,26?,28?,29?,30?/m0/s1. The van der Waals surface area contributed by atoms with Crippen molar-refractivity contribution in [3.63, 3.8) is 0 Å². The molecule has 0 aromatic heterocycles. The van der Waals surface area contributed by atoms with Crippen molar-refractivity contribution in [2.45, 2.75) is 136 Å². The molecule has 4 unspecified atom stereocenters. The number of hydrogen-bond donors (Lipinski definition) is 1. The first-order chi connectivity index (χ1) is 15.5. The summed E-state index contributed by atoms with van der Waals surface area (Å²) in [6.45, 7) is 15.3. The molecule has 0 aromatic rings. The van der Waals surface area contributed by atoms with Crippen LogP contribution in [0, 0.1) is 11.8 Å². The fourth-order valence-electron chi connectivity index (χ4n) is 5.76. The molecule has 1 heterocycles. The number of aliphatic hydroxyl groups is 1. The number of rotatable bonds is 13. The first-order valence-electron chi connectivity index (χ1n) is 13.4. The highest BCUT2D eigenvalue weighted by Crippen LogP contribution is 2.50. The van der Waals surface area contributed by atoms with Gasteiger partial charge in [0.1, 0.15) is 6.29 Å². The van der Waals surface area contributed by atoms with Crippen molar-refractivity contribution in [3.8, 4) is 0 Å². The number of aldehydes is 1. The summed E-state index contributed by atoms with van der Waals surface area (Å²) in [4.78, 5) is 10.8. The van der Waals surface area contributed by atoms with Gasteiger partial charge >= 0.3 is 0 Å². The third kappa shape index (κ3) is 7.65. The fraction of sp³-hybridized carbons (Fsp3) is 0.767. The van der Waals surface area contributed by atoms with Gasteiger partial charge in [-0.1, -0.05) is 50.1 Å². The number of carbonyl (C=O) groups excluding carboxylic acids is 1. The molecule has 0 spiro atoms. The van der Waals surface area contributed by atoms with Gasteiger partial charge in [-0.05, 0) is 104 Å².